The number of ether oxygens (including phenoxy) is 1. The minimum atomic E-state index is -0.0156. The van der Waals surface area contributed by atoms with E-state index >= 15 is 0 Å². The van der Waals surface area contributed by atoms with Crippen molar-refractivity contribution in [1.29, 1.82) is 0 Å². The SMILES string of the molecule is COc1ncccc1C(=O)N(Cc1ccccc1)C(C)C1CC1. The molecule has 4 nitrogen and oxygen atoms in total. The number of pyridine rings is 1. The highest BCUT2D eigenvalue weighted by Crippen LogP contribution is 2.36. The van der Waals surface area contributed by atoms with Crippen molar-refractivity contribution in [3.8, 4) is 5.88 Å². The van der Waals surface area contributed by atoms with E-state index < -0.39 is 0 Å². The van der Waals surface area contributed by atoms with Gasteiger partial charge in [0.25, 0.3) is 5.91 Å². The molecule has 1 fully saturated rings. The quantitative estimate of drug-likeness (QED) is 0.819. The minimum Gasteiger partial charge on any atom is -0.480 e. The van der Waals surface area contributed by atoms with E-state index in [2.05, 4.69) is 24.0 Å². The maximum absolute atomic E-state index is 13.1. The van der Waals surface area contributed by atoms with E-state index in [9.17, 15) is 4.79 Å². The topological polar surface area (TPSA) is 42.4 Å². The van der Waals surface area contributed by atoms with E-state index in [0.29, 0.717) is 23.9 Å². The Morgan fingerprint density at radius 1 is 1.26 bits per heavy atom. The number of carbonyl (C=O) groups is 1. The molecule has 3 rings (SSSR count). The van der Waals surface area contributed by atoms with Crippen LogP contribution in [0.5, 0.6) is 5.88 Å². The average Bonchev–Trinajstić information content (AvgIpc) is 3.44. The largest absolute Gasteiger partial charge is 0.480 e. The summed E-state index contributed by atoms with van der Waals surface area (Å²) in [4.78, 5) is 19.2. The van der Waals surface area contributed by atoms with Gasteiger partial charge in [0.05, 0.1) is 7.11 Å². The molecule has 0 radical (unpaired) electrons. The normalized spacial score (nSPS) is 15.0. The zero-order valence-electron chi connectivity index (χ0n) is 13.6. The number of nitrogens with zero attached hydrogens (tertiary/aromatic N) is 2. The zero-order chi connectivity index (χ0) is 16.2. The van der Waals surface area contributed by atoms with Crippen molar-refractivity contribution in [2.75, 3.05) is 7.11 Å². The molecule has 120 valence electrons. The summed E-state index contributed by atoms with van der Waals surface area (Å²) in [6, 6.07) is 13.9. The first kappa shape index (κ1) is 15.5. The van der Waals surface area contributed by atoms with Gasteiger partial charge in [0.2, 0.25) is 5.88 Å². The lowest BCUT2D eigenvalue weighted by atomic mass is 10.1. The van der Waals surface area contributed by atoms with E-state index in [4.69, 9.17) is 4.74 Å². The average molecular weight is 310 g/mol. The molecule has 1 aromatic carbocycles. The van der Waals surface area contributed by atoms with Gasteiger partial charge in [-0.3, -0.25) is 4.79 Å². The Balaban J connectivity index is 1.89. The minimum absolute atomic E-state index is 0.0156. The van der Waals surface area contributed by atoms with Crippen molar-refractivity contribution >= 4 is 5.91 Å². The van der Waals surface area contributed by atoms with Gasteiger partial charge in [0.15, 0.2) is 0 Å². The molecule has 0 aliphatic heterocycles. The molecule has 0 N–H and O–H groups in total. The third-order valence-electron chi connectivity index (χ3n) is 4.45. The second kappa shape index (κ2) is 6.82. The van der Waals surface area contributed by atoms with Crippen LogP contribution in [0.2, 0.25) is 0 Å². The lowest BCUT2D eigenvalue weighted by molar-refractivity contribution is 0.0650. The van der Waals surface area contributed by atoms with Gasteiger partial charge < -0.3 is 9.64 Å². The monoisotopic (exact) mass is 310 g/mol. The molecule has 1 aliphatic carbocycles. The van der Waals surface area contributed by atoms with Crippen LogP contribution < -0.4 is 4.74 Å². The van der Waals surface area contributed by atoms with Crippen LogP contribution in [0.1, 0.15) is 35.7 Å². The summed E-state index contributed by atoms with van der Waals surface area (Å²) in [5.41, 5.74) is 1.66. The predicted octanol–water partition coefficient (Wildman–Crippen LogP) is 3.53. The van der Waals surface area contributed by atoms with Gasteiger partial charge in [0.1, 0.15) is 5.56 Å². The highest BCUT2D eigenvalue weighted by molar-refractivity contribution is 5.96. The standard InChI is InChI=1S/C19H22N2O2/c1-14(16-10-11-16)21(13-15-7-4-3-5-8-15)19(22)17-9-6-12-20-18(17)23-2/h3-9,12,14,16H,10-11,13H2,1-2H3. The molecule has 1 amide bonds. The van der Waals surface area contributed by atoms with E-state index in [-0.39, 0.29) is 11.9 Å². The first-order valence-corrected chi connectivity index (χ1v) is 8.04. The molecular weight excluding hydrogens is 288 g/mol. The van der Waals surface area contributed by atoms with Crippen molar-refractivity contribution in [1.82, 2.24) is 9.88 Å². The highest BCUT2D eigenvalue weighted by atomic mass is 16.5. The lowest BCUT2D eigenvalue weighted by Gasteiger charge is -2.30. The van der Waals surface area contributed by atoms with E-state index in [1.807, 2.05) is 23.1 Å². The molecule has 1 saturated carbocycles. The van der Waals surface area contributed by atoms with Crippen LogP contribution in [-0.4, -0.2) is 28.9 Å². The van der Waals surface area contributed by atoms with Crippen LogP contribution in [-0.2, 0) is 6.54 Å². The van der Waals surface area contributed by atoms with Crippen molar-refractivity contribution in [2.45, 2.75) is 32.4 Å². The van der Waals surface area contributed by atoms with Gasteiger partial charge in [0, 0.05) is 18.8 Å². The summed E-state index contributed by atoms with van der Waals surface area (Å²) >= 11 is 0. The summed E-state index contributed by atoms with van der Waals surface area (Å²) in [6.45, 7) is 2.75. The third kappa shape index (κ3) is 3.52. The number of hydrogen-bond acceptors (Lipinski definition) is 3. The summed E-state index contributed by atoms with van der Waals surface area (Å²) in [5.74, 6) is 0.974. The summed E-state index contributed by atoms with van der Waals surface area (Å²) in [6.07, 6.45) is 4.04. The Labute approximate surface area is 137 Å². The van der Waals surface area contributed by atoms with Crippen molar-refractivity contribution in [3.63, 3.8) is 0 Å². The third-order valence-corrected chi connectivity index (χ3v) is 4.45. The van der Waals surface area contributed by atoms with Gasteiger partial charge in [-0.1, -0.05) is 30.3 Å². The van der Waals surface area contributed by atoms with Gasteiger partial charge in [-0.05, 0) is 43.4 Å². The number of methoxy groups -OCH3 is 1. The number of hydrogen-bond donors (Lipinski definition) is 0. The second-order valence-electron chi connectivity index (χ2n) is 6.06. The molecule has 23 heavy (non-hydrogen) atoms. The molecule has 1 heterocycles. The van der Waals surface area contributed by atoms with E-state index in [0.717, 1.165) is 5.56 Å². The van der Waals surface area contributed by atoms with Crippen LogP contribution in [0.15, 0.2) is 48.7 Å². The Kier molecular flexibility index (Phi) is 4.60. The molecule has 0 bridgehead atoms. The van der Waals surface area contributed by atoms with Crippen molar-refractivity contribution in [3.05, 3.63) is 59.8 Å². The maximum Gasteiger partial charge on any atom is 0.259 e. The number of aromatic nitrogens is 1. The molecule has 4 heteroatoms. The maximum atomic E-state index is 13.1. The Morgan fingerprint density at radius 3 is 2.65 bits per heavy atom. The Morgan fingerprint density at radius 2 is 2.00 bits per heavy atom. The fourth-order valence-corrected chi connectivity index (χ4v) is 2.88. The molecule has 1 atom stereocenters. The van der Waals surface area contributed by atoms with Gasteiger partial charge in [-0.25, -0.2) is 4.98 Å². The molecule has 1 aromatic heterocycles. The number of carbonyl (C=O) groups excluding carboxylic acids is 1. The molecule has 1 aliphatic rings. The van der Waals surface area contributed by atoms with Crippen LogP contribution in [0, 0.1) is 5.92 Å². The second-order valence-corrected chi connectivity index (χ2v) is 6.06. The van der Waals surface area contributed by atoms with Crippen molar-refractivity contribution < 1.29 is 9.53 Å². The van der Waals surface area contributed by atoms with Gasteiger partial charge >= 0.3 is 0 Å². The smallest absolute Gasteiger partial charge is 0.259 e. The number of benzene rings is 1. The lowest BCUT2D eigenvalue weighted by Crippen LogP contribution is -2.39. The Hall–Kier alpha value is -2.36. The van der Waals surface area contributed by atoms with E-state index in [1.165, 1.54) is 12.8 Å². The molecule has 2 aromatic rings. The molecule has 1 unspecified atom stereocenters. The summed E-state index contributed by atoms with van der Waals surface area (Å²) in [5, 5.41) is 0. The molecular formula is C19H22N2O2. The predicted molar refractivity (Wildman–Crippen MR) is 89.3 cm³/mol. The first-order chi connectivity index (χ1) is 11.2. The zero-order valence-corrected chi connectivity index (χ0v) is 13.6. The van der Waals surface area contributed by atoms with Crippen LogP contribution in [0.3, 0.4) is 0 Å². The fourth-order valence-electron chi connectivity index (χ4n) is 2.88. The summed E-state index contributed by atoms with van der Waals surface area (Å²) < 4.78 is 5.26. The summed E-state index contributed by atoms with van der Waals surface area (Å²) in [7, 11) is 1.55. The van der Waals surface area contributed by atoms with Gasteiger partial charge in [-0.15, -0.1) is 0 Å². The number of rotatable bonds is 6. The first-order valence-electron chi connectivity index (χ1n) is 8.04. The van der Waals surface area contributed by atoms with Crippen LogP contribution in [0.4, 0.5) is 0 Å². The van der Waals surface area contributed by atoms with Gasteiger partial charge in [-0.2, -0.15) is 0 Å². The highest BCUT2D eigenvalue weighted by Gasteiger charge is 2.35. The fraction of sp³-hybridized carbons (Fsp3) is 0.368. The van der Waals surface area contributed by atoms with E-state index in [1.54, 1.807) is 25.4 Å². The van der Waals surface area contributed by atoms with Crippen molar-refractivity contribution in [2.24, 2.45) is 5.92 Å². The molecule has 0 spiro atoms. The Bertz CT molecular complexity index is 668. The van der Waals surface area contributed by atoms with Crippen LogP contribution in [0.25, 0.3) is 0 Å². The number of amides is 1. The van der Waals surface area contributed by atoms with Crippen LogP contribution >= 0.6 is 0 Å². The molecule has 0 saturated heterocycles.